The van der Waals surface area contributed by atoms with Crippen LogP contribution in [0.3, 0.4) is 0 Å². The van der Waals surface area contributed by atoms with Gasteiger partial charge in [-0.25, -0.2) is 0 Å². The highest BCUT2D eigenvalue weighted by Crippen LogP contribution is 2.30. The van der Waals surface area contributed by atoms with Gasteiger partial charge in [-0.2, -0.15) is 5.10 Å². The summed E-state index contributed by atoms with van der Waals surface area (Å²) < 4.78 is 5.28. The van der Waals surface area contributed by atoms with Crippen LogP contribution in [0.2, 0.25) is 0 Å². The van der Waals surface area contributed by atoms with Crippen molar-refractivity contribution in [3.63, 3.8) is 0 Å². The third-order valence-corrected chi connectivity index (χ3v) is 5.26. The Morgan fingerprint density at radius 2 is 2.29 bits per heavy atom. The summed E-state index contributed by atoms with van der Waals surface area (Å²) in [5.74, 6) is 0.565. The summed E-state index contributed by atoms with van der Waals surface area (Å²) >= 11 is 0. The number of hydrogen-bond acceptors (Lipinski definition) is 4. The summed E-state index contributed by atoms with van der Waals surface area (Å²) in [4.78, 5) is 14.9. The fourth-order valence-electron chi connectivity index (χ4n) is 4.00. The molecular formula is C18H23N3O3. The number of aryl methyl sites for hydroxylation is 1. The van der Waals surface area contributed by atoms with E-state index in [-0.39, 0.29) is 11.9 Å². The summed E-state index contributed by atoms with van der Waals surface area (Å²) in [7, 11) is 0. The van der Waals surface area contributed by atoms with Crippen molar-refractivity contribution in [2.24, 2.45) is 0 Å². The standard InChI is InChI=1S/C18H23N3O3/c22-15(16-8-4-10-24-16)11-12-5-3-9-21(12)18(23)17-13-6-1-2-7-14(13)19-20-17/h4,8,10,12,15,22H,1-3,5-7,9,11H2,(H,19,20). The number of hydrogen-bond donors (Lipinski definition) is 2. The molecule has 1 saturated heterocycles. The number of furan rings is 1. The van der Waals surface area contributed by atoms with Crippen molar-refractivity contribution in [3.8, 4) is 0 Å². The first kappa shape index (κ1) is 15.4. The lowest BCUT2D eigenvalue weighted by molar-refractivity contribution is 0.0635. The molecule has 2 aromatic heterocycles. The van der Waals surface area contributed by atoms with Crippen LogP contribution in [-0.4, -0.2) is 38.7 Å². The van der Waals surface area contributed by atoms with Gasteiger partial charge in [-0.05, 0) is 50.7 Å². The molecule has 128 valence electrons. The lowest BCUT2D eigenvalue weighted by Gasteiger charge is -2.26. The number of aliphatic hydroxyl groups excluding tert-OH is 1. The molecule has 0 saturated carbocycles. The number of fused-ring (bicyclic) bond motifs is 1. The summed E-state index contributed by atoms with van der Waals surface area (Å²) in [6.07, 6.45) is 7.46. The van der Waals surface area contributed by atoms with E-state index in [0.717, 1.165) is 56.3 Å². The Balaban J connectivity index is 1.50. The average Bonchev–Trinajstić information content (AvgIpc) is 3.34. The molecule has 0 radical (unpaired) electrons. The Hall–Kier alpha value is -2.08. The predicted molar refractivity (Wildman–Crippen MR) is 87.6 cm³/mol. The van der Waals surface area contributed by atoms with Crippen molar-refractivity contribution in [2.75, 3.05) is 6.54 Å². The lowest BCUT2D eigenvalue weighted by Crippen LogP contribution is -2.37. The minimum Gasteiger partial charge on any atom is -0.467 e. The number of amides is 1. The average molecular weight is 329 g/mol. The monoisotopic (exact) mass is 329 g/mol. The first-order chi connectivity index (χ1) is 11.7. The van der Waals surface area contributed by atoms with Gasteiger partial charge in [0, 0.05) is 30.3 Å². The minimum absolute atomic E-state index is 0.00328. The van der Waals surface area contributed by atoms with E-state index >= 15 is 0 Å². The summed E-state index contributed by atoms with van der Waals surface area (Å²) in [6.45, 7) is 0.732. The van der Waals surface area contributed by atoms with Gasteiger partial charge < -0.3 is 14.4 Å². The maximum absolute atomic E-state index is 13.0. The number of nitrogens with zero attached hydrogens (tertiary/aromatic N) is 2. The molecule has 0 aromatic carbocycles. The van der Waals surface area contributed by atoms with Crippen LogP contribution in [-0.2, 0) is 12.8 Å². The number of aliphatic hydroxyl groups is 1. The molecule has 1 aliphatic heterocycles. The van der Waals surface area contributed by atoms with Gasteiger partial charge in [0.05, 0.1) is 6.26 Å². The molecule has 1 fully saturated rings. The van der Waals surface area contributed by atoms with Crippen LogP contribution in [0.5, 0.6) is 0 Å². The fourth-order valence-corrected chi connectivity index (χ4v) is 4.00. The van der Waals surface area contributed by atoms with Gasteiger partial charge in [-0.3, -0.25) is 9.89 Å². The largest absolute Gasteiger partial charge is 0.467 e. The van der Waals surface area contributed by atoms with Crippen LogP contribution in [0.15, 0.2) is 22.8 Å². The zero-order valence-corrected chi connectivity index (χ0v) is 13.7. The maximum atomic E-state index is 13.0. The van der Waals surface area contributed by atoms with Crippen molar-refractivity contribution in [1.82, 2.24) is 15.1 Å². The molecule has 4 rings (SSSR count). The van der Waals surface area contributed by atoms with Crippen molar-refractivity contribution in [2.45, 2.75) is 57.1 Å². The number of rotatable bonds is 4. The van der Waals surface area contributed by atoms with Gasteiger partial charge in [0.25, 0.3) is 5.91 Å². The first-order valence-corrected chi connectivity index (χ1v) is 8.82. The van der Waals surface area contributed by atoms with Gasteiger partial charge >= 0.3 is 0 Å². The number of aromatic nitrogens is 2. The number of nitrogens with one attached hydrogen (secondary N) is 1. The molecule has 2 unspecified atom stereocenters. The third-order valence-electron chi connectivity index (χ3n) is 5.26. The Morgan fingerprint density at radius 3 is 3.12 bits per heavy atom. The Morgan fingerprint density at radius 1 is 1.42 bits per heavy atom. The van der Waals surface area contributed by atoms with Gasteiger partial charge in [0.2, 0.25) is 0 Å². The molecule has 2 aromatic rings. The van der Waals surface area contributed by atoms with E-state index in [4.69, 9.17) is 4.42 Å². The topological polar surface area (TPSA) is 82.4 Å². The van der Waals surface area contributed by atoms with Crippen molar-refractivity contribution in [3.05, 3.63) is 41.1 Å². The summed E-state index contributed by atoms with van der Waals surface area (Å²) in [6, 6.07) is 3.58. The maximum Gasteiger partial charge on any atom is 0.274 e. The quantitative estimate of drug-likeness (QED) is 0.903. The second-order valence-electron chi connectivity index (χ2n) is 6.80. The van der Waals surface area contributed by atoms with E-state index in [1.807, 2.05) is 4.90 Å². The van der Waals surface area contributed by atoms with Crippen LogP contribution < -0.4 is 0 Å². The van der Waals surface area contributed by atoms with E-state index in [2.05, 4.69) is 10.2 Å². The lowest BCUT2D eigenvalue weighted by atomic mass is 9.95. The van der Waals surface area contributed by atoms with Gasteiger partial charge in [0.1, 0.15) is 11.9 Å². The molecule has 2 N–H and O–H groups in total. The minimum atomic E-state index is -0.675. The smallest absolute Gasteiger partial charge is 0.274 e. The van der Waals surface area contributed by atoms with Crippen LogP contribution in [0.25, 0.3) is 0 Å². The van der Waals surface area contributed by atoms with Gasteiger partial charge in [-0.15, -0.1) is 0 Å². The number of H-pyrrole nitrogens is 1. The van der Waals surface area contributed by atoms with Crippen molar-refractivity contribution in [1.29, 1.82) is 0 Å². The van der Waals surface area contributed by atoms with Gasteiger partial charge in [0.15, 0.2) is 5.69 Å². The molecule has 3 heterocycles. The third kappa shape index (κ3) is 2.75. The van der Waals surface area contributed by atoms with E-state index in [9.17, 15) is 9.90 Å². The van der Waals surface area contributed by atoms with Gasteiger partial charge in [-0.1, -0.05) is 0 Å². The van der Waals surface area contributed by atoms with Crippen LogP contribution >= 0.6 is 0 Å². The van der Waals surface area contributed by atoms with E-state index in [0.29, 0.717) is 17.9 Å². The molecule has 0 bridgehead atoms. The van der Waals surface area contributed by atoms with E-state index in [1.54, 1.807) is 18.4 Å². The highest BCUT2D eigenvalue weighted by Gasteiger charge is 2.34. The fraction of sp³-hybridized carbons (Fsp3) is 0.556. The molecule has 6 nitrogen and oxygen atoms in total. The molecule has 0 spiro atoms. The zero-order valence-electron chi connectivity index (χ0n) is 13.7. The number of aromatic amines is 1. The molecule has 2 atom stereocenters. The number of likely N-dealkylation sites (tertiary alicyclic amines) is 1. The Labute approximate surface area is 140 Å². The van der Waals surface area contributed by atoms with E-state index in [1.165, 1.54) is 0 Å². The SMILES string of the molecule is O=C(c1n[nH]c2c1CCCC2)N1CCCC1CC(O)c1ccco1. The van der Waals surface area contributed by atoms with Crippen molar-refractivity contribution >= 4 is 5.91 Å². The second-order valence-corrected chi connectivity index (χ2v) is 6.80. The highest BCUT2D eigenvalue weighted by atomic mass is 16.4. The molecule has 2 aliphatic rings. The number of carbonyl (C=O) groups is 1. The summed E-state index contributed by atoms with van der Waals surface area (Å²) in [5.41, 5.74) is 2.81. The predicted octanol–water partition coefficient (Wildman–Crippen LogP) is 2.61. The highest BCUT2D eigenvalue weighted by molar-refractivity contribution is 5.94. The van der Waals surface area contributed by atoms with Crippen LogP contribution in [0.1, 0.15) is 65.7 Å². The molecule has 24 heavy (non-hydrogen) atoms. The van der Waals surface area contributed by atoms with Crippen molar-refractivity contribution < 1.29 is 14.3 Å². The normalized spacial score (nSPS) is 21.7. The first-order valence-electron chi connectivity index (χ1n) is 8.82. The van der Waals surface area contributed by atoms with Crippen LogP contribution in [0, 0.1) is 0 Å². The molecule has 1 aliphatic carbocycles. The Kier molecular flexibility index (Phi) is 4.14. The zero-order chi connectivity index (χ0) is 16.5. The number of carbonyl (C=O) groups excluding carboxylic acids is 1. The Bertz CT molecular complexity index is 707. The molecule has 1 amide bonds. The second kappa shape index (κ2) is 6.43. The van der Waals surface area contributed by atoms with Crippen LogP contribution in [0.4, 0.5) is 0 Å². The summed E-state index contributed by atoms with van der Waals surface area (Å²) in [5, 5.41) is 17.7. The van der Waals surface area contributed by atoms with E-state index < -0.39 is 6.10 Å². The molecule has 6 heteroatoms. The molecular weight excluding hydrogens is 306 g/mol.